The number of rotatable bonds is 9. The van der Waals surface area contributed by atoms with Crippen LogP contribution in [-0.4, -0.2) is 37.9 Å². The fraction of sp³-hybridized carbons (Fsp3) is 0.161. The predicted molar refractivity (Wildman–Crippen MR) is 149 cm³/mol. The van der Waals surface area contributed by atoms with E-state index in [0.717, 1.165) is 27.6 Å². The minimum absolute atomic E-state index is 0.00696. The van der Waals surface area contributed by atoms with E-state index in [0.29, 0.717) is 11.3 Å². The molecular formula is C31H28FNO5S. The Morgan fingerprint density at radius 1 is 0.897 bits per heavy atom. The van der Waals surface area contributed by atoms with Crippen molar-refractivity contribution in [3.8, 4) is 16.9 Å². The third-order valence-corrected chi connectivity index (χ3v) is 7.99. The topological polar surface area (TPSA) is 77.8 Å². The van der Waals surface area contributed by atoms with Crippen LogP contribution in [0.2, 0.25) is 0 Å². The highest BCUT2D eigenvalue weighted by atomic mass is 32.2. The number of aromatic nitrogens is 1. The molecule has 0 unspecified atom stereocenters. The van der Waals surface area contributed by atoms with E-state index in [1.807, 2.05) is 66.2 Å². The summed E-state index contributed by atoms with van der Waals surface area (Å²) in [5, 5.41) is 12.3. The smallest absolute Gasteiger partial charge is 0.297 e. The van der Waals surface area contributed by atoms with E-state index in [1.165, 1.54) is 24.3 Å². The van der Waals surface area contributed by atoms with Crippen LogP contribution in [0, 0.1) is 12.7 Å². The Hall–Kier alpha value is -3.98. The molecule has 0 saturated carbocycles. The summed E-state index contributed by atoms with van der Waals surface area (Å²) in [6.45, 7) is 1.32. The average Bonchev–Trinajstić information content (AvgIpc) is 3.31. The van der Waals surface area contributed by atoms with Crippen molar-refractivity contribution in [1.82, 2.24) is 4.57 Å². The van der Waals surface area contributed by atoms with Crippen LogP contribution in [0.5, 0.6) is 5.75 Å². The summed E-state index contributed by atoms with van der Waals surface area (Å²) in [6, 6.07) is 26.6. The van der Waals surface area contributed by atoms with Gasteiger partial charge in [-0.3, -0.25) is 4.18 Å². The third-order valence-electron chi connectivity index (χ3n) is 6.70. The SMILES string of the molecule is COc1ccccc1-c1cn([C@@H](c2cccc(F)c2)[C@H](O)COS(=O)(=O)c2ccc(C)cc2)c2ccccc12. The largest absolute Gasteiger partial charge is 0.496 e. The molecule has 0 radical (unpaired) electrons. The lowest BCUT2D eigenvalue weighted by atomic mass is 10.0. The molecule has 0 amide bonds. The van der Waals surface area contributed by atoms with Crippen LogP contribution in [0.15, 0.2) is 108 Å². The number of halogens is 1. The molecule has 1 N–H and O–H groups in total. The standard InChI is InChI=1S/C31H28FNO5S/c1-21-14-16-24(17-15-21)39(35,36)38-20-29(34)31(22-8-7-9-23(32)18-22)33-19-27(25-10-3-5-12-28(25)33)26-11-4-6-13-30(26)37-2/h3-19,29,31,34H,20H2,1-2H3/t29-,31+/m1/s1. The zero-order valence-corrected chi connectivity index (χ0v) is 22.3. The first-order valence-electron chi connectivity index (χ1n) is 12.4. The molecule has 1 aromatic heterocycles. The molecule has 6 nitrogen and oxygen atoms in total. The summed E-state index contributed by atoms with van der Waals surface area (Å²) >= 11 is 0. The first-order chi connectivity index (χ1) is 18.8. The summed E-state index contributed by atoms with van der Waals surface area (Å²) in [7, 11) is -2.53. The van der Waals surface area contributed by atoms with Crippen molar-refractivity contribution in [1.29, 1.82) is 0 Å². The molecule has 8 heteroatoms. The van der Waals surface area contributed by atoms with Crippen LogP contribution < -0.4 is 4.74 Å². The monoisotopic (exact) mass is 545 g/mol. The quantitative estimate of drug-likeness (QED) is 0.226. The number of ether oxygens (including phenoxy) is 1. The number of aliphatic hydroxyl groups is 1. The van der Waals surface area contributed by atoms with E-state index in [-0.39, 0.29) is 4.90 Å². The Morgan fingerprint density at radius 2 is 1.62 bits per heavy atom. The molecule has 0 fully saturated rings. The number of fused-ring (bicyclic) bond motifs is 1. The maximum absolute atomic E-state index is 14.4. The van der Waals surface area contributed by atoms with Gasteiger partial charge in [0.1, 0.15) is 17.7 Å². The van der Waals surface area contributed by atoms with Gasteiger partial charge >= 0.3 is 0 Å². The molecule has 0 spiro atoms. The number of aryl methyl sites for hydroxylation is 1. The van der Waals surface area contributed by atoms with Gasteiger partial charge in [-0.2, -0.15) is 8.42 Å². The van der Waals surface area contributed by atoms with E-state index in [9.17, 15) is 17.9 Å². The minimum atomic E-state index is -4.13. The molecule has 4 aromatic carbocycles. The zero-order valence-electron chi connectivity index (χ0n) is 21.5. The lowest BCUT2D eigenvalue weighted by Crippen LogP contribution is -2.30. The predicted octanol–water partition coefficient (Wildman–Crippen LogP) is 6.12. The van der Waals surface area contributed by atoms with Gasteiger partial charge in [-0.05, 0) is 48.9 Å². The maximum Gasteiger partial charge on any atom is 0.297 e. The first kappa shape index (κ1) is 26.6. The van der Waals surface area contributed by atoms with Crippen LogP contribution in [0.1, 0.15) is 17.2 Å². The molecule has 5 rings (SSSR count). The number of methoxy groups -OCH3 is 1. The fourth-order valence-electron chi connectivity index (χ4n) is 4.80. The Bertz CT molecular complexity index is 1710. The molecule has 0 bridgehead atoms. The van der Waals surface area contributed by atoms with Crippen LogP contribution >= 0.6 is 0 Å². The van der Waals surface area contributed by atoms with E-state index >= 15 is 0 Å². The number of aliphatic hydroxyl groups excluding tert-OH is 1. The normalized spacial score (nSPS) is 13.3. The van der Waals surface area contributed by atoms with Crippen molar-refractivity contribution in [3.63, 3.8) is 0 Å². The van der Waals surface area contributed by atoms with Crippen LogP contribution in [0.3, 0.4) is 0 Å². The molecule has 2 atom stereocenters. The lowest BCUT2D eigenvalue weighted by molar-refractivity contribution is 0.0784. The van der Waals surface area contributed by atoms with E-state index in [4.69, 9.17) is 8.92 Å². The van der Waals surface area contributed by atoms with Gasteiger partial charge in [0.25, 0.3) is 10.1 Å². The van der Waals surface area contributed by atoms with Crippen molar-refractivity contribution in [2.45, 2.75) is 24.0 Å². The highest BCUT2D eigenvalue weighted by Gasteiger charge is 2.29. The van der Waals surface area contributed by atoms with Crippen LogP contribution in [0.25, 0.3) is 22.0 Å². The van der Waals surface area contributed by atoms with Crippen molar-refractivity contribution in [2.75, 3.05) is 13.7 Å². The fourth-order valence-corrected chi connectivity index (χ4v) is 5.72. The lowest BCUT2D eigenvalue weighted by Gasteiger charge is -2.26. The molecule has 5 aromatic rings. The maximum atomic E-state index is 14.4. The Balaban J connectivity index is 1.59. The highest BCUT2D eigenvalue weighted by molar-refractivity contribution is 7.86. The molecule has 0 aliphatic heterocycles. The van der Waals surface area contributed by atoms with Gasteiger partial charge in [0.05, 0.1) is 24.7 Å². The molecule has 0 saturated heterocycles. The van der Waals surface area contributed by atoms with E-state index < -0.39 is 34.7 Å². The van der Waals surface area contributed by atoms with Crippen molar-refractivity contribution in [2.24, 2.45) is 0 Å². The number of hydrogen-bond acceptors (Lipinski definition) is 5. The van der Waals surface area contributed by atoms with Gasteiger partial charge in [0.2, 0.25) is 0 Å². The Kier molecular flexibility index (Phi) is 7.52. The second-order valence-electron chi connectivity index (χ2n) is 9.29. The molecule has 200 valence electrons. The van der Waals surface area contributed by atoms with Gasteiger partial charge in [-0.25, -0.2) is 4.39 Å². The number of benzene rings is 4. The highest BCUT2D eigenvalue weighted by Crippen LogP contribution is 2.39. The Labute approximate surface area is 227 Å². The van der Waals surface area contributed by atoms with Crippen molar-refractivity contribution < 1.29 is 26.8 Å². The summed E-state index contributed by atoms with van der Waals surface area (Å²) in [5.41, 5.74) is 3.84. The average molecular weight is 546 g/mol. The molecular weight excluding hydrogens is 517 g/mol. The summed E-state index contributed by atoms with van der Waals surface area (Å²) in [5.74, 6) is 0.204. The van der Waals surface area contributed by atoms with Gasteiger partial charge in [-0.1, -0.05) is 66.2 Å². The van der Waals surface area contributed by atoms with Gasteiger partial charge in [0, 0.05) is 28.2 Å². The van der Waals surface area contributed by atoms with Crippen molar-refractivity contribution in [3.05, 3.63) is 120 Å². The molecule has 1 heterocycles. The van der Waals surface area contributed by atoms with Crippen LogP contribution in [-0.2, 0) is 14.3 Å². The number of hydrogen-bond donors (Lipinski definition) is 1. The summed E-state index contributed by atoms with van der Waals surface area (Å²) in [4.78, 5) is -0.00696. The van der Waals surface area contributed by atoms with Gasteiger partial charge in [0.15, 0.2) is 0 Å². The van der Waals surface area contributed by atoms with Crippen molar-refractivity contribution >= 4 is 21.0 Å². The number of para-hydroxylation sites is 2. The van der Waals surface area contributed by atoms with Crippen LogP contribution in [0.4, 0.5) is 4.39 Å². The molecule has 0 aliphatic rings. The van der Waals surface area contributed by atoms with Gasteiger partial charge in [-0.15, -0.1) is 0 Å². The van der Waals surface area contributed by atoms with E-state index in [1.54, 1.807) is 31.4 Å². The second kappa shape index (κ2) is 11.0. The minimum Gasteiger partial charge on any atom is -0.496 e. The first-order valence-corrected chi connectivity index (χ1v) is 13.8. The number of nitrogens with zero attached hydrogens (tertiary/aromatic N) is 1. The molecule has 0 aliphatic carbocycles. The second-order valence-corrected chi connectivity index (χ2v) is 10.9. The summed E-state index contributed by atoms with van der Waals surface area (Å²) < 4.78 is 52.8. The third kappa shape index (κ3) is 5.45. The zero-order chi connectivity index (χ0) is 27.6. The molecule has 39 heavy (non-hydrogen) atoms. The summed E-state index contributed by atoms with van der Waals surface area (Å²) in [6.07, 6.45) is 0.531. The Morgan fingerprint density at radius 3 is 2.36 bits per heavy atom. The van der Waals surface area contributed by atoms with Gasteiger partial charge < -0.3 is 14.4 Å². The van der Waals surface area contributed by atoms with E-state index in [2.05, 4.69) is 0 Å².